The van der Waals surface area contributed by atoms with E-state index in [2.05, 4.69) is 37.4 Å². The summed E-state index contributed by atoms with van der Waals surface area (Å²) >= 11 is 1.11. The molecule has 3 N–H and O–H groups in total. The average molecular weight is 659 g/mol. The quantitative estimate of drug-likeness (QED) is 0.0562. The number of amides is 1. The second-order valence-electron chi connectivity index (χ2n) is 10.9. The lowest BCUT2D eigenvalue weighted by Gasteiger charge is -2.25. The van der Waals surface area contributed by atoms with Gasteiger partial charge in [0.1, 0.15) is 22.7 Å². The lowest BCUT2D eigenvalue weighted by molar-refractivity contribution is -0.104. The molecule has 0 saturated carbocycles. The van der Waals surface area contributed by atoms with Gasteiger partial charge in [-0.1, -0.05) is 6.08 Å². The largest absolute Gasteiger partial charge is 0.383 e. The van der Waals surface area contributed by atoms with E-state index in [1.165, 1.54) is 18.2 Å². The summed E-state index contributed by atoms with van der Waals surface area (Å²) in [5.41, 5.74) is 3.87. The maximum absolute atomic E-state index is 14.5. The van der Waals surface area contributed by atoms with E-state index in [1.807, 2.05) is 37.2 Å². The molecule has 0 spiro atoms. The molecule has 2 aromatic carbocycles. The summed E-state index contributed by atoms with van der Waals surface area (Å²) in [7, 11) is 3.97. The summed E-state index contributed by atoms with van der Waals surface area (Å²) in [6.07, 6.45) is 7.12. The highest BCUT2D eigenvalue weighted by Crippen LogP contribution is 2.30. The molecule has 0 aliphatic carbocycles. The standard InChI is InChI=1S/C34H36F2N8O2S/c1-22-27-17-25(18-29(36)33(27)42-41-22)40-34(46)23-10-11-31(30(16-23)38-2)44(4)14-13-43(3)12-7-9-24(8-5-6-15-45)39-21-26-19-28(35)32(20-37)47-26/h5-6,8,10-11,15-19,39H,2,7,9,12-14,21H2,1,3-4H3,(H,40,46)(H,41,42)/b6-5-,24-8-. The molecule has 10 nitrogen and oxygen atoms in total. The number of thiophene rings is 1. The highest BCUT2D eigenvalue weighted by Gasteiger charge is 2.15. The molecule has 0 aliphatic heterocycles. The molecule has 0 bridgehead atoms. The van der Waals surface area contributed by atoms with Gasteiger partial charge in [-0.3, -0.25) is 19.7 Å². The molecule has 0 saturated heterocycles. The minimum atomic E-state index is -0.527. The van der Waals surface area contributed by atoms with Crippen molar-refractivity contribution in [2.75, 3.05) is 43.9 Å². The van der Waals surface area contributed by atoms with Gasteiger partial charge in [0.05, 0.1) is 11.4 Å². The second kappa shape index (κ2) is 16.4. The Labute approximate surface area is 276 Å². The Morgan fingerprint density at radius 2 is 1.96 bits per heavy atom. The van der Waals surface area contributed by atoms with Crippen LogP contribution in [0.15, 0.2) is 65.3 Å². The first-order valence-electron chi connectivity index (χ1n) is 14.8. The second-order valence-corrected chi connectivity index (χ2v) is 12.1. The van der Waals surface area contributed by atoms with E-state index in [-0.39, 0.29) is 10.4 Å². The number of aromatic nitrogens is 2. The first-order chi connectivity index (χ1) is 22.6. The molecule has 0 radical (unpaired) electrons. The van der Waals surface area contributed by atoms with Crippen molar-refractivity contribution in [1.29, 1.82) is 5.26 Å². The zero-order chi connectivity index (χ0) is 33.9. The van der Waals surface area contributed by atoms with Crippen LogP contribution in [0, 0.1) is 29.9 Å². The number of hydrogen-bond donors (Lipinski definition) is 3. The Kier molecular flexibility index (Phi) is 12.1. The van der Waals surface area contributed by atoms with Crippen LogP contribution >= 0.6 is 11.3 Å². The molecule has 0 fully saturated rings. The van der Waals surface area contributed by atoms with Gasteiger partial charge in [-0.05, 0) is 88.6 Å². The minimum absolute atomic E-state index is 0.0600. The summed E-state index contributed by atoms with van der Waals surface area (Å²) in [6, 6.07) is 11.3. The highest BCUT2D eigenvalue weighted by molar-refractivity contribution is 7.12. The molecule has 0 atom stereocenters. The zero-order valence-corrected chi connectivity index (χ0v) is 27.3. The summed E-state index contributed by atoms with van der Waals surface area (Å²) in [5, 5.41) is 22.3. The summed E-state index contributed by atoms with van der Waals surface area (Å²) < 4.78 is 28.3. The number of halogens is 2. The van der Waals surface area contributed by atoms with Crippen LogP contribution in [0.4, 0.5) is 25.8 Å². The summed E-state index contributed by atoms with van der Waals surface area (Å²) in [5.74, 6) is -1.44. The van der Waals surface area contributed by atoms with Crippen molar-refractivity contribution in [1.82, 2.24) is 20.4 Å². The number of carbonyl (C=O) groups excluding carboxylic acids is 2. The van der Waals surface area contributed by atoms with Crippen molar-refractivity contribution in [3.63, 3.8) is 0 Å². The molecular weight excluding hydrogens is 622 g/mol. The number of H-pyrrole nitrogens is 1. The number of fused-ring (bicyclic) bond motifs is 1. The third kappa shape index (κ3) is 9.18. The van der Waals surface area contributed by atoms with Crippen molar-refractivity contribution >= 4 is 58.2 Å². The number of aromatic amines is 1. The number of carbonyl (C=O) groups is 2. The van der Waals surface area contributed by atoms with Crippen LogP contribution in [-0.2, 0) is 11.3 Å². The SMILES string of the molecule is C=Nc1cc(C(=O)Nc2cc(F)c3n[nH]c(C)c3c2)ccc1N(C)CCN(C)CCC/C(=C/C=C\C=O)NCc1cc(F)c(C#N)s1. The number of anilines is 2. The molecule has 2 aromatic heterocycles. The smallest absolute Gasteiger partial charge is 0.255 e. The first kappa shape index (κ1) is 34.7. The van der Waals surface area contributed by atoms with Gasteiger partial charge >= 0.3 is 0 Å². The van der Waals surface area contributed by atoms with E-state index in [1.54, 1.807) is 31.2 Å². The number of aryl methyl sites for hydroxylation is 1. The topological polar surface area (TPSA) is 130 Å². The normalized spacial score (nSPS) is 11.6. The minimum Gasteiger partial charge on any atom is -0.383 e. The van der Waals surface area contributed by atoms with E-state index in [0.29, 0.717) is 58.7 Å². The highest BCUT2D eigenvalue weighted by atomic mass is 32.1. The molecule has 1 amide bonds. The molecule has 0 unspecified atom stereocenters. The van der Waals surface area contributed by atoms with E-state index in [0.717, 1.165) is 42.2 Å². The van der Waals surface area contributed by atoms with Crippen LogP contribution in [0.5, 0.6) is 0 Å². The number of nitrogens with zero attached hydrogens (tertiary/aromatic N) is 5. The van der Waals surface area contributed by atoms with E-state index < -0.39 is 17.5 Å². The van der Waals surface area contributed by atoms with Crippen LogP contribution in [0.1, 0.15) is 38.6 Å². The van der Waals surface area contributed by atoms with Gasteiger partial charge in [-0.2, -0.15) is 10.4 Å². The van der Waals surface area contributed by atoms with Gasteiger partial charge in [-0.25, -0.2) is 8.78 Å². The Bertz CT molecular complexity index is 1860. The van der Waals surface area contributed by atoms with Gasteiger partial charge in [-0.15, -0.1) is 11.3 Å². The van der Waals surface area contributed by atoms with E-state index >= 15 is 0 Å². The number of likely N-dealkylation sites (N-methyl/N-ethyl adjacent to an activating group) is 2. The predicted octanol–water partition coefficient (Wildman–Crippen LogP) is 6.24. The molecule has 47 heavy (non-hydrogen) atoms. The maximum Gasteiger partial charge on any atom is 0.255 e. The van der Waals surface area contributed by atoms with Crippen LogP contribution in [0.25, 0.3) is 10.9 Å². The molecule has 2 heterocycles. The Balaban J connectivity index is 1.29. The predicted molar refractivity (Wildman–Crippen MR) is 184 cm³/mol. The zero-order valence-electron chi connectivity index (χ0n) is 26.4. The molecular formula is C34H36F2N8O2S. The Morgan fingerprint density at radius 1 is 1.15 bits per heavy atom. The van der Waals surface area contributed by atoms with E-state index in [4.69, 9.17) is 5.26 Å². The van der Waals surface area contributed by atoms with Crippen LogP contribution in [0.3, 0.4) is 0 Å². The molecule has 244 valence electrons. The first-order valence-corrected chi connectivity index (χ1v) is 15.6. The number of benzene rings is 2. The van der Waals surface area contributed by atoms with Gasteiger partial charge in [0.15, 0.2) is 11.6 Å². The fraction of sp³-hybridized carbons (Fsp3) is 0.265. The number of nitrogens with one attached hydrogen (secondary N) is 3. The summed E-state index contributed by atoms with van der Waals surface area (Å²) in [4.78, 5) is 32.9. The molecule has 0 aliphatic rings. The third-order valence-corrected chi connectivity index (χ3v) is 8.51. The number of rotatable bonds is 16. The van der Waals surface area contributed by atoms with Crippen LogP contribution in [0.2, 0.25) is 0 Å². The van der Waals surface area contributed by atoms with Crippen molar-refractivity contribution in [3.8, 4) is 6.07 Å². The number of aliphatic imine (C=N–C) groups is 1. The maximum atomic E-state index is 14.5. The van der Waals surface area contributed by atoms with Crippen LogP contribution < -0.4 is 15.5 Å². The average Bonchev–Trinajstić information content (AvgIpc) is 3.63. The lowest BCUT2D eigenvalue weighted by Crippen LogP contribution is -2.31. The van der Waals surface area contributed by atoms with Gasteiger partial charge in [0, 0.05) is 59.6 Å². The van der Waals surface area contributed by atoms with Gasteiger partial charge < -0.3 is 20.4 Å². The Hall–Kier alpha value is -5.19. The van der Waals surface area contributed by atoms with Crippen molar-refractivity contribution in [2.45, 2.75) is 26.3 Å². The monoisotopic (exact) mass is 658 g/mol. The molecule has 4 aromatic rings. The third-order valence-electron chi connectivity index (χ3n) is 7.50. The van der Waals surface area contributed by atoms with Gasteiger partial charge in [0.2, 0.25) is 0 Å². The van der Waals surface area contributed by atoms with E-state index in [9.17, 15) is 18.4 Å². The number of hydrogen-bond acceptors (Lipinski definition) is 9. The molecule has 4 rings (SSSR count). The number of nitriles is 1. The number of allylic oxidation sites excluding steroid dienone is 4. The molecule has 13 heteroatoms. The fourth-order valence-electron chi connectivity index (χ4n) is 4.91. The number of aldehydes is 1. The van der Waals surface area contributed by atoms with Gasteiger partial charge in [0.25, 0.3) is 5.91 Å². The van der Waals surface area contributed by atoms with Crippen molar-refractivity contribution in [2.24, 2.45) is 4.99 Å². The van der Waals surface area contributed by atoms with Crippen molar-refractivity contribution < 1.29 is 18.4 Å². The summed E-state index contributed by atoms with van der Waals surface area (Å²) in [6.45, 7) is 8.08. The Morgan fingerprint density at radius 3 is 2.68 bits per heavy atom. The fourth-order valence-corrected chi connectivity index (χ4v) is 5.68. The lowest BCUT2D eigenvalue weighted by atomic mass is 10.1. The van der Waals surface area contributed by atoms with Crippen molar-refractivity contribution in [3.05, 3.63) is 93.0 Å². The van der Waals surface area contributed by atoms with Crippen LogP contribution in [-0.4, -0.2) is 67.7 Å².